The van der Waals surface area contributed by atoms with E-state index in [0.717, 1.165) is 33.2 Å². The summed E-state index contributed by atoms with van der Waals surface area (Å²) in [6, 6.07) is 28.4. The van der Waals surface area contributed by atoms with Crippen molar-refractivity contribution < 1.29 is 14.3 Å². The van der Waals surface area contributed by atoms with E-state index in [1.54, 1.807) is 0 Å². The normalized spacial score (nSPS) is 16.7. The predicted octanol–water partition coefficient (Wildman–Crippen LogP) is 6.04. The van der Waals surface area contributed by atoms with Crippen molar-refractivity contribution in [2.75, 3.05) is 26.1 Å². The molecule has 0 N–H and O–H groups in total. The summed E-state index contributed by atoms with van der Waals surface area (Å²) in [5.74, 6) is 0.296. The largest absolute Gasteiger partial charge is 0.472 e. The number of fused-ring (bicyclic) bond motifs is 3. The van der Waals surface area contributed by atoms with Crippen molar-refractivity contribution in [3.05, 3.63) is 113 Å². The first kappa shape index (κ1) is 20.8. The van der Waals surface area contributed by atoms with E-state index in [0.29, 0.717) is 11.3 Å². The lowest BCUT2D eigenvalue weighted by Crippen LogP contribution is -2.34. The summed E-state index contributed by atoms with van der Waals surface area (Å²) in [7, 11) is 5.45. The lowest BCUT2D eigenvalue weighted by atomic mass is 9.82. The standard InChI is InChI=1S/C29H25NO3/c1-30(2)23-15-13-22(14-16-23)29(21-10-5-4-6-11-21)18-17-25-26(28(31)32-3)19-20-9-7-8-12-24(20)27(25)33-29/h4-19H,1-3H3. The number of carbonyl (C=O) groups is 1. The number of rotatable bonds is 4. The van der Waals surface area contributed by atoms with Gasteiger partial charge >= 0.3 is 5.97 Å². The highest BCUT2D eigenvalue weighted by molar-refractivity contribution is 6.03. The molecule has 4 nitrogen and oxygen atoms in total. The highest BCUT2D eigenvalue weighted by Crippen LogP contribution is 2.46. The zero-order valence-corrected chi connectivity index (χ0v) is 18.9. The number of benzene rings is 4. The molecule has 4 aromatic carbocycles. The molecule has 0 saturated heterocycles. The van der Waals surface area contributed by atoms with Gasteiger partial charge in [0.1, 0.15) is 5.75 Å². The average molecular weight is 436 g/mol. The van der Waals surface area contributed by atoms with Gasteiger partial charge in [-0.25, -0.2) is 4.79 Å². The third-order valence-electron chi connectivity index (χ3n) is 6.21. The Bertz CT molecular complexity index is 1360. The summed E-state index contributed by atoms with van der Waals surface area (Å²) in [5, 5.41) is 1.88. The minimum absolute atomic E-state index is 0.382. The molecule has 164 valence electrons. The molecule has 0 bridgehead atoms. The van der Waals surface area contributed by atoms with Crippen LogP contribution in [-0.4, -0.2) is 27.2 Å². The van der Waals surface area contributed by atoms with Crippen LogP contribution in [0.4, 0.5) is 5.69 Å². The van der Waals surface area contributed by atoms with E-state index in [1.165, 1.54) is 7.11 Å². The first-order valence-electron chi connectivity index (χ1n) is 10.9. The van der Waals surface area contributed by atoms with Crippen molar-refractivity contribution in [3.63, 3.8) is 0 Å². The molecule has 0 fully saturated rings. The molecule has 1 aliphatic heterocycles. The van der Waals surface area contributed by atoms with Crippen LogP contribution in [-0.2, 0) is 10.3 Å². The summed E-state index contributed by atoms with van der Waals surface area (Å²) < 4.78 is 12.0. The van der Waals surface area contributed by atoms with Gasteiger partial charge in [-0.2, -0.15) is 0 Å². The number of carbonyl (C=O) groups excluding carboxylic acids is 1. The maximum Gasteiger partial charge on any atom is 0.338 e. The SMILES string of the molecule is COC(=O)c1cc2ccccc2c2c1C=CC(c1ccccc1)(c1ccc(N(C)C)cc1)O2. The second-order valence-electron chi connectivity index (χ2n) is 8.36. The number of hydrogen-bond donors (Lipinski definition) is 0. The maximum atomic E-state index is 12.6. The lowest BCUT2D eigenvalue weighted by Gasteiger charge is -2.37. The van der Waals surface area contributed by atoms with Gasteiger partial charge in [0, 0.05) is 41.9 Å². The van der Waals surface area contributed by atoms with Gasteiger partial charge in [-0.3, -0.25) is 0 Å². The van der Waals surface area contributed by atoms with Crippen molar-refractivity contribution in [2.45, 2.75) is 5.60 Å². The minimum atomic E-state index is -0.837. The Labute approximate surface area is 193 Å². The topological polar surface area (TPSA) is 38.8 Å². The molecular weight excluding hydrogens is 410 g/mol. The van der Waals surface area contributed by atoms with Crippen LogP contribution in [0.2, 0.25) is 0 Å². The first-order chi connectivity index (χ1) is 16.0. The molecule has 4 aromatic rings. The van der Waals surface area contributed by atoms with E-state index in [-0.39, 0.29) is 5.97 Å². The summed E-state index contributed by atoms with van der Waals surface area (Å²) in [6.07, 6.45) is 4.03. The molecule has 1 unspecified atom stereocenters. The molecule has 0 amide bonds. The number of methoxy groups -OCH3 is 1. The smallest absolute Gasteiger partial charge is 0.338 e. The van der Waals surface area contributed by atoms with Crippen LogP contribution in [0.5, 0.6) is 5.75 Å². The molecular formula is C29H25NO3. The van der Waals surface area contributed by atoms with Gasteiger partial charge in [-0.15, -0.1) is 0 Å². The fourth-order valence-corrected chi connectivity index (χ4v) is 4.45. The van der Waals surface area contributed by atoms with Crippen molar-refractivity contribution >= 4 is 28.5 Å². The van der Waals surface area contributed by atoms with Crippen molar-refractivity contribution in [2.24, 2.45) is 0 Å². The monoisotopic (exact) mass is 435 g/mol. The third-order valence-corrected chi connectivity index (χ3v) is 6.21. The minimum Gasteiger partial charge on any atom is -0.472 e. The second-order valence-corrected chi connectivity index (χ2v) is 8.36. The Morgan fingerprint density at radius 3 is 2.24 bits per heavy atom. The number of ether oxygens (including phenoxy) is 2. The van der Waals surface area contributed by atoms with Crippen LogP contribution >= 0.6 is 0 Å². The first-order valence-corrected chi connectivity index (χ1v) is 10.9. The molecule has 4 heteroatoms. The van der Waals surface area contributed by atoms with Gasteiger partial charge in [-0.1, -0.05) is 66.7 Å². The van der Waals surface area contributed by atoms with Gasteiger partial charge in [0.2, 0.25) is 0 Å². The van der Waals surface area contributed by atoms with Crippen molar-refractivity contribution in [1.82, 2.24) is 0 Å². The quantitative estimate of drug-likeness (QED) is 0.366. The van der Waals surface area contributed by atoms with E-state index in [4.69, 9.17) is 9.47 Å². The van der Waals surface area contributed by atoms with Gasteiger partial charge in [-0.05, 0) is 35.7 Å². The third kappa shape index (κ3) is 3.44. The summed E-state index contributed by atoms with van der Waals surface area (Å²) in [5.41, 5.74) is 3.52. The maximum absolute atomic E-state index is 12.6. The second kappa shape index (κ2) is 8.14. The van der Waals surface area contributed by atoms with Crippen LogP contribution in [0.3, 0.4) is 0 Å². The number of hydrogen-bond acceptors (Lipinski definition) is 4. The Kier molecular flexibility index (Phi) is 5.14. The van der Waals surface area contributed by atoms with Crippen LogP contribution in [0, 0.1) is 0 Å². The molecule has 0 aromatic heterocycles. The number of nitrogens with zero attached hydrogens (tertiary/aromatic N) is 1. The molecule has 0 aliphatic carbocycles. The summed E-state index contributed by atoms with van der Waals surface area (Å²) >= 11 is 0. The van der Waals surface area contributed by atoms with E-state index in [9.17, 15) is 4.79 Å². The molecule has 33 heavy (non-hydrogen) atoms. The molecule has 0 saturated carbocycles. The van der Waals surface area contributed by atoms with Crippen LogP contribution in [0.15, 0.2) is 91.0 Å². The van der Waals surface area contributed by atoms with E-state index in [2.05, 4.69) is 41.3 Å². The van der Waals surface area contributed by atoms with Crippen molar-refractivity contribution in [3.8, 4) is 5.75 Å². The summed E-state index contributed by atoms with van der Waals surface area (Å²) in [6.45, 7) is 0. The van der Waals surface area contributed by atoms with Crippen molar-refractivity contribution in [1.29, 1.82) is 0 Å². The van der Waals surface area contributed by atoms with Crippen LogP contribution in [0.1, 0.15) is 27.0 Å². The molecule has 0 spiro atoms. The number of anilines is 1. The fraction of sp³-hybridized carbons (Fsp3) is 0.138. The molecule has 1 heterocycles. The van der Waals surface area contributed by atoms with Crippen LogP contribution in [0.25, 0.3) is 16.8 Å². The Balaban J connectivity index is 1.77. The van der Waals surface area contributed by atoms with Gasteiger partial charge in [0.25, 0.3) is 0 Å². The van der Waals surface area contributed by atoms with Gasteiger partial charge in [0.05, 0.1) is 12.7 Å². The highest BCUT2D eigenvalue weighted by Gasteiger charge is 2.38. The highest BCUT2D eigenvalue weighted by atomic mass is 16.5. The van der Waals surface area contributed by atoms with E-state index < -0.39 is 5.60 Å². The number of esters is 1. The molecule has 1 atom stereocenters. The zero-order chi connectivity index (χ0) is 23.0. The summed E-state index contributed by atoms with van der Waals surface area (Å²) in [4.78, 5) is 14.7. The predicted molar refractivity (Wildman–Crippen MR) is 133 cm³/mol. The fourth-order valence-electron chi connectivity index (χ4n) is 4.45. The van der Waals surface area contributed by atoms with Gasteiger partial charge < -0.3 is 14.4 Å². The molecule has 0 radical (unpaired) electrons. The average Bonchev–Trinajstić information content (AvgIpc) is 2.88. The van der Waals surface area contributed by atoms with Gasteiger partial charge in [0.15, 0.2) is 5.60 Å². The zero-order valence-electron chi connectivity index (χ0n) is 18.9. The Morgan fingerprint density at radius 1 is 0.879 bits per heavy atom. The van der Waals surface area contributed by atoms with Crippen LogP contribution < -0.4 is 9.64 Å². The lowest BCUT2D eigenvalue weighted by molar-refractivity contribution is 0.0599. The molecule has 5 rings (SSSR count). The Morgan fingerprint density at radius 2 is 1.55 bits per heavy atom. The Hall–Kier alpha value is -4.05. The van der Waals surface area contributed by atoms with E-state index in [1.807, 2.05) is 74.8 Å². The molecule has 1 aliphatic rings. The van der Waals surface area contributed by atoms with E-state index >= 15 is 0 Å².